The minimum absolute atomic E-state index is 0.00195. The third kappa shape index (κ3) is 4.45. The van der Waals surface area contributed by atoms with E-state index in [9.17, 15) is 19.5 Å². The molecule has 0 amide bonds. The first-order valence-electron chi connectivity index (χ1n) is 11.9. The van der Waals surface area contributed by atoms with Gasteiger partial charge in [-0.3, -0.25) is 14.4 Å². The van der Waals surface area contributed by atoms with Gasteiger partial charge in [0.05, 0.1) is 25.2 Å². The second-order valence-electron chi connectivity index (χ2n) is 8.89. The SMILES string of the molecule is CCCOc1c(Cl)cc(C2C3=C(CCCC3=O)N(CCC(=O)O)C3=C2C(=O)CCC3)cc1OC. The molecular formula is C26H30ClNO6. The topological polar surface area (TPSA) is 93.1 Å². The molecule has 7 nitrogen and oxygen atoms in total. The van der Waals surface area contributed by atoms with E-state index in [1.165, 1.54) is 7.11 Å². The molecule has 0 aromatic heterocycles. The van der Waals surface area contributed by atoms with Crippen LogP contribution in [0.1, 0.15) is 69.8 Å². The number of hydrogen-bond acceptors (Lipinski definition) is 6. The minimum Gasteiger partial charge on any atom is -0.493 e. The Labute approximate surface area is 204 Å². The summed E-state index contributed by atoms with van der Waals surface area (Å²) in [5, 5.41) is 9.68. The van der Waals surface area contributed by atoms with E-state index in [-0.39, 0.29) is 24.5 Å². The van der Waals surface area contributed by atoms with Crippen molar-refractivity contribution in [3.8, 4) is 11.5 Å². The first-order valence-corrected chi connectivity index (χ1v) is 12.3. The molecule has 0 radical (unpaired) electrons. The number of carboxylic acids is 1. The number of ketones is 2. The first-order chi connectivity index (χ1) is 16.4. The van der Waals surface area contributed by atoms with E-state index in [2.05, 4.69) is 0 Å². The van der Waals surface area contributed by atoms with E-state index < -0.39 is 11.9 Å². The Balaban J connectivity index is 1.90. The number of hydrogen-bond donors (Lipinski definition) is 1. The van der Waals surface area contributed by atoms with Crippen molar-refractivity contribution in [1.82, 2.24) is 4.90 Å². The highest BCUT2D eigenvalue weighted by Gasteiger charge is 2.43. The average molecular weight is 488 g/mol. The van der Waals surface area contributed by atoms with Gasteiger partial charge in [-0.1, -0.05) is 18.5 Å². The number of benzene rings is 1. The van der Waals surface area contributed by atoms with Crippen LogP contribution < -0.4 is 9.47 Å². The number of rotatable bonds is 8. The molecule has 3 aliphatic rings. The van der Waals surface area contributed by atoms with E-state index in [0.29, 0.717) is 78.4 Å². The van der Waals surface area contributed by atoms with E-state index in [0.717, 1.165) is 17.8 Å². The zero-order valence-corrected chi connectivity index (χ0v) is 20.4. The lowest BCUT2D eigenvalue weighted by atomic mass is 9.71. The fourth-order valence-electron chi connectivity index (χ4n) is 5.28. The van der Waals surface area contributed by atoms with Crippen LogP contribution in [-0.4, -0.2) is 47.8 Å². The Morgan fingerprint density at radius 2 is 1.71 bits per heavy atom. The number of halogens is 1. The molecule has 1 aliphatic heterocycles. The molecule has 1 aromatic carbocycles. The van der Waals surface area contributed by atoms with Gasteiger partial charge in [0.25, 0.3) is 0 Å². The zero-order valence-electron chi connectivity index (χ0n) is 19.6. The second-order valence-corrected chi connectivity index (χ2v) is 9.29. The van der Waals surface area contributed by atoms with Crippen LogP contribution in [0.3, 0.4) is 0 Å². The summed E-state index contributed by atoms with van der Waals surface area (Å²) in [6.07, 6.45) is 4.31. The van der Waals surface area contributed by atoms with E-state index in [1.54, 1.807) is 6.07 Å². The predicted octanol–water partition coefficient (Wildman–Crippen LogP) is 5.03. The molecule has 0 fully saturated rings. The molecule has 182 valence electrons. The van der Waals surface area contributed by atoms with Crippen LogP contribution in [0.5, 0.6) is 11.5 Å². The number of carboxylic acid groups (broad SMARTS) is 1. The van der Waals surface area contributed by atoms with Crippen molar-refractivity contribution >= 4 is 29.1 Å². The van der Waals surface area contributed by atoms with E-state index in [1.807, 2.05) is 17.9 Å². The van der Waals surface area contributed by atoms with Crippen molar-refractivity contribution in [3.05, 3.63) is 45.3 Å². The summed E-state index contributed by atoms with van der Waals surface area (Å²) in [7, 11) is 1.54. The Morgan fingerprint density at radius 1 is 1.09 bits per heavy atom. The highest BCUT2D eigenvalue weighted by molar-refractivity contribution is 6.32. The Bertz CT molecular complexity index is 1050. The predicted molar refractivity (Wildman–Crippen MR) is 127 cm³/mol. The number of carbonyl (C=O) groups is 3. The number of ether oxygens (including phenoxy) is 2. The first kappa shape index (κ1) is 24.3. The lowest BCUT2D eigenvalue weighted by molar-refractivity contribution is -0.137. The molecule has 0 atom stereocenters. The van der Waals surface area contributed by atoms with Crippen molar-refractivity contribution in [1.29, 1.82) is 0 Å². The number of allylic oxidation sites excluding steroid dienone is 4. The zero-order chi connectivity index (χ0) is 24.4. The fraction of sp³-hybridized carbons (Fsp3) is 0.500. The molecule has 0 saturated heterocycles. The van der Waals surface area contributed by atoms with Gasteiger partial charge in [-0.15, -0.1) is 0 Å². The van der Waals surface area contributed by atoms with Crippen LogP contribution in [0.15, 0.2) is 34.7 Å². The van der Waals surface area contributed by atoms with Crippen LogP contribution in [-0.2, 0) is 14.4 Å². The minimum atomic E-state index is -0.908. The molecule has 34 heavy (non-hydrogen) atoms. The molecule has 0 unspecified atom stereocenters. The maximum atomic E-state index is 13.3. The number of nitrogens with zero attached hydrogens (tertiary/aromatic N) is 1. The fourth-order valence-corrected chi connectivity index (χ4v) is 5.55. The van der Waals surface area contributed by atoms with Gasteiger partial charge >= 0.3 is 5.97 Å². The third-order valence-corrected chi connectivity index (χ3v) is 6.95. The van der Waals surface area contributed by atoms with Crippen LogP contribution in [0.2, 0.25) is 5.02 Å². The molecule has 0 bridgehead atoms. The summed E-state index contributed by atoms with van der Waals surface area (Å²) in [6.45, 7) is 2.73. The Kier molecular flexibility index (Phi) is 7.31. The van der Waals surface area contributed by atoms with Crippen molar-refractivity contribution in [2.75, 3.05) is 20.3 Å². The molecule has 0 saturated carbocycles. The van der Waals surface area contributed by atoms with Crippen molar-refractivity contribution in [2.24, 2.45) is 0 Å². The summed E-state index contributed by atoms with van der Waals surface area (Å²) in [4.78, 5) is 39.9. The summed E-state index contributed by atoms with van der Waals surface area (Å²) in [5.41, 5.74) is 3.58. The standard InChI is InChI=1S/C26H30ClNO6/c1-3-12-34-26-16(27)13-15(14-21(26)33-2)23-24-17(6-4-8-19(24)29)28(11-10-22(31)32)18-7-5-9-20(30)25(18)23/h13-14,23H,3-12H2,1-2H3,(H,31,32). The van der Waals surface area contributed by atoms with Crippen molar-refractivity contribution < 1.29 is 29.0 Å². The summed E-state index contributed by atoms with van der Waals surface area (Å²) >= 11 is 6.62. The number of methoxy groups -OCH3 is 1. The summed E-state index contributed by atoms with van der Waals surface area (Å²) < 4.78 is 11.4. The molecule has 1 heterocycles. The smallest absolute Gasteiger partial charge is 0.305 e. The van der Waals surface area contributed by atoms with Gasteiger partial charge in [-0.05, 0) is 49.8 Å². The van der Waals surface area contributed by atoms with Crippen LogP contribution in [0.4, 0.5) is 0 Å². The van der Waals surface area contributed by atoms with Gasteiger partial charge in [0.1, 0.15) is 0 Å². The maximum Gasteiger partial charge on any atom is 0.305 e. The summed E-state index contributed by atoms with van der Waals surface area (Å²) in [5.74, 6) is -0.550. The number of carbonyl (C=O) groups excluding carboxylic acids is 2. The average Bonchev–Trinajstić information content (AvgIpc) is 2.81. The molecule has 8 heteroatoms. The normalized spacial score (nSPS) is 18.7. The molecule has 0 spiro atoms. The molecule has 4 rings (SSSR count). The van der Waals surface area contributed by atoms with Gasteiger partial charge in [0.15, 0.2) is 23.1 Å². The van der Waals surface area contributed by atoms with Crippen LogP contribution in [0, 0.1) is 0 Å². The van der Waals surface area contributed by atoms with E-state index >= 15 is 0 Å². The van der Waals surface area contributed by atoms with Crippen LogP contribution >= 0.6 is 11.6 Å². The van der Waals surface area contributed by atoms with Crippen molar-refractivity contribution in [2.45, 2.75) is 64.2 Å². The Morgan fingerprint density at radius 3 is 2.24 bits per heavy atom. The summed E-state index contributed by atoms with van der Waals surface area (Å²) in [6, 6.07) is 3.58. The lowest BCUT2D eigenvalue weighted by Crippen LogP contribution is -2.39. The van der Waals surface area contributed by atoms with E-state index in [4.69, 9.17) is 21.1 Å². The monoisotopic (exact) mass is 487 g/mol. The van der Waals surface area contributed by atoms with Crippen LogP contribution in [0.25, 0.3) is 0 Å². The highest BCUT2D eigenvalue weighted by Crippen LogP contribution is 2.51. The molecule has 2 aliphatic carbocycles. The number of aliphatic carboxylic acids is 1. The highest BCUT2D eigenvalue weighted by atomic mass is 35.5. The Hall–Kier alpha value is -2.80. The molecule has 1 N–H and O–H groups in total. The van der Waals surface area contributed by atoms with Gasteiger partial charge in [0, 0.05) is 47.8 Å². The lowest BCUT2D eigenvalue weighted by Gasteiger charge is -2.44. The van der Waals surface area contributed by atoms with Crippen molar-refractivity contribution in [3.63, 3.8) is 0 Å². The van der Waals surface area contributed by atoms with Gasteiger partial charge < -0.3 is 19.5 Å². The quantitative estimate of drug-likeness (QED) is 0.549. The van der Waals surface area contributed by atoms with Gasteiger partial charge in [-0.2, -0.15) is 0 Å². The largest absolute Gasteiger partial charge is 0.493 e. The van der Waals surface area contributed by atoms with Gasteiger partial charge in [0.2, 0.25) is 0 Å². The second kappa shape index (κ2) is 10.2. The number of Topliss-reactive ketones (excluding diaryl/α,β-unsaturated/α-hetero) is 2. The molecular weight excluding hydrogens is 458 g/mol. The van der Waals surface area contributed by atoms with Gasteiger partial charge in [-0.25, -0.2) is 0 Å². The molecule has 1 aromatic rings. The maximum absolute atomic E-state index is 13.3. The third-order valence-electron chi connectivity index (χ3n) is 6.67.